The van der Waals surface area contributed by atoms with Crippen LogP contribution in [0.1, 0.15) is 53.4 Å². The molecule has 0 aromatic heterocycles. The molecule has 0 aliphatic heterocycles. The van der Waals surface area contributed by atoms with Gasteiger partial charge in [0.05, 0.1) is 0 Å². The number of carbonyl (C=O) groups is 3. The summed E-state index contributed by atoms with van der Waals surface area (Å²) in [5, 5.41) is 14.0. The van der Waals surface area contributed by atoms with Gasteiger partial charge in [0.2, 0.25) is 11.8 Å². The molecule has 0 aliphatic carbocycles. The zero-order valence-corrected chi connectivity index (χ0v) is 12.8. The maximum atomic E-state index is 11.6. The van der Waals surface area contributed by atoms with Gasteiger partial charge in [0, 0.05) is 30.8 Å². The van der Waals surface area contributed by atoms with Crippen LogP contribution in [0.3, 0.4) is 0 Å². The Morgan fingerprint density at radius 3 is 2.25 bits per heavy atom. The van der Waals surface area contributed by atoms with Crippen LogP contribution in [0, 0.1) is 5.41 Å². The maximum absolute atomic E-state index is 11.6. The number of carbonyl (C=O) groups excluding carboxylic acids is 2. The molecule has 0 saturated heterocycles. The van der Waals surface area contributed by atoms with Crippen molar-refractivity contribution in [2.45, 2.75) is 59.4 Å². The summed E-state index contributed by atoms with van der Waals surface area (Å²) < 4.78 is 0. The summed E-state index contributed by atoms with van der Waals surface area (Å²) in [6, 6.07) is -0.150. The number of carboxylic acid groups (broad SMARTS) is 1. The lowest BCUT2D eigenvalue weighted by atomic mass is 9.96. The predicted molar refractivity (Wildman–Crippen MR) is 76.2 cm³/mol. The molecule has 6 heteroatoms. The topological polar surface area (TPSA) is 95.5 Å². The second-order valence-corrected chi connectivity index (χ2v) is 6.01. The van der Waals surface area contributed by atoms with Crippen molar-refractivity contribution in [3.8, 4) is 0 Å². The summed E-state index contributed by atoms with van der Waals surface area (Å²) in [6.45, 7) is 7.74. The highest BCUT2D eigenvalue weighted by Crippen LogP contribution is 2.12. The first-order chi connectivity index (χ1) is 9.12. The quantitative estimate of drug-likeness (QED) is 0.586. The van der Waals surface area contributed by atoms with Gasteiger partial charge in [0.15, 0.2) is 0 Å². The molecule has 0 aromatic carbocycles. The average Bonchev–Trinajstić information content (AvgIpc) is 2.30. The first-order valence-electron chi connectivity index (χ1n) is 6.92. The molecule has 6 nitrogen and oxygen atoms in total. The third-order valence-electron chi connectivity index (χ3n) is 2.75. The van der Waals surface area contributed by atoms with Crippen LogP contribution >= 0.6 is 0 Å². The van der Waals surface area contributed by atoms with Gasteiger partial charge in [0.1, 0.15) is 0 Å². The Morgan fingerprint density at radius 1 is 1.15 bits per heavy atom. The number of aliphatic carboxylic acids is 1. The molecule has 116 valence electrons. The summed E-state index contributed by atoms with van der Waals surface area (Å²) in [4.78, 5) is 33.5. The van der Waals surface area contributed by atoms with Crippen LogP contribution < -0.4 is 10.6 Å². The van der Waals surface area contributed by atoms with Gasteiger partial charge in [-0.15, -0.1) is 0 Å². The Balaban J connectivity index is 3.74. The van der Waals surface area contributed by atoms with Crippen LogP contribution in [-0.4, -0.2) is 35.5 Å². The highest BCUT2D eigenvalue weighted by molar-refractivity contribution is 5.81. The Hall–Kier alpha value is -1.59. The van der Waals surface area contributed by atoms with Crippen molar-refractivity contribution in [3.63, 3.8) is 0 Å². The summed E-state index contributed by atoms with van der Waals surface area (Å²) >= 11 is 0. The van der Waals surface area contributed by atoms with E-state index in [4.69, 9.17) is 5.11 Å². The number of carboxylic acids is 1. The van der Waals surface area contributed by atoms with E-state index in [1.165, 1.54) is 0 Å². The lowest BCUT2D eigenvalue weighted by molar-refractivity contribution is -0.137. The minimum absolute atomic E-state index is 0.0345. The average molecular weight is 286 g/mol. The van der Waals surface area contributed by atoms with Gasteiger partial charge in [-0.1, -0.05) is 20.8 Å². The van der Waals surface area contributed by atoms with E-state index in [1.54, 1.807) is 6.92 Å². The molecular weight excluding hydrogens is 260 g/mol. The molecule has 20 heavy (non-hydrogen) atoms. The monoisotopic (exact) mass is 286 g/mol. The number of amides is 2. The van der Waals surface area contributed by atoms with Gasteiger partial charge in [0.25, 0.3) is 0 Å². The number of hydrogen-bond donors (Lipinski definition) is 3. The van der Waals surface area contributed by atoms with Crippen LogP contribution in [0.25, 0.3) is 0 Å². The molecular formula is C14H26N2O4. The lowest BCUT2D eigenvalue weighted by Crippen LogP contribution is -2.36. The van der Waals surface area contributed by atoms with Crippen molar-refractivity contribution in [2.24, 2.45) is 5.41 Å². The molecule has 0 bridgehead atoms. The molecule has 3 N–H and O–H groups in total. The largest absolute Gasteiger partial charge is 0.481 e. The molecule has 0 saturated carbocycles. The molecule has 0 radical (unpaired) electrons. The smallest absolute Gasteiger partial charge is 0.303 e. The van der Waals surface area contributed by atoms with E-state index >= 15 is 0 Å². The van der Waals surface area contributed by atoms with E-state index in [-0.39, 0.29) is 24.3 Å². The maximum Gasteiger partial charge on any atom is 0.303 e. The first kappa shape index (κ1) is 18.4. The van der Waals surface area contributed by atoms with Gasteiger partial charge in [-0.2, -0.15) is 0 Å². The van der Waals surface area contributed by atoms with Crippen LogP contribution in [0.5, 0.6) is 0 Å². The summed E-state index contributed by atoms with van der Waals surface area (Å²) in [7, 11) is 0. The predicted octanol–water partition coefficient (Wildman–Crippen LogP) is 1.30. The third kappa shape index (κ3) is 9.35. The molecule has 0 fully saturated rings. The molecule has 0 rings (SSSR count). The lowest BCUT2D eigenvalue weighted by Gasteiger charge is -2.17. The second kappa shape index (κ2) is 8.55. The SMILES string of the molecule is CC(CCC(=O)O)NC(=O)CCCNC(=O)C(C)(C)C. The fraction of sp³-hybridized carbons (Fsp3) is 0.786. The number of rotatable bonds is 8. The van der Waals surface area contributed by atoms with E-state index in [9.17, 15) is 14.4 Å². The number of nitrogens with one attached hydrogen (secondary N) is 2. The van der Waals surface area contributed by atoms with Crippen molar-refractivity contribution in [2.75, 3.05) is 6.54 Å². The van der Waals surface area contributed by atoms with Crippen LogP contribution in [0.4, 0.5) is 0 Å². The van der Waals surface area contributed by atoms with Crippen molar-refractivity contribution in [1.29, 1.82) is 0 Å². The highest BCUT2D eigenvalue weighted by Gasteiger charge is 2.20. The Kier molecular flexibility index (Phi) is 7.87. The van der Waals surface area contributed by atoms with Gasteiger partial charge in [-0.3, -0.25) is 14.4 Å². The summed E-state index contributed by atoms with van der Waals surface area (Å²) in [5.74, 6) is -1.02. The van der Waals surface area contributed by atoms with E-state index in [0.29, 0.717) is 25.8 Å². The summed E-state index contributed by atoms with van der Waals surface area (Å²) in [5.41, 5.74) is -0.423. The Morgan fingerprint density at radius 2 is 1.75 bits per heavy atom. The van der Waals surface area contributed by atoms with Crippen LogP contribution in [0.15, 0.2) is 0 Å². The van der Waals surface area contributed by atoms with Gasteiger partial charge < -0.3 is 15.7 Å². The molecule has 0 aliphatic rings. The van der Waals surface area contributed by atoms with Gasteiger partial charge in [-0.25, -0.2) is 0 Å². The molecule has 1 unspecified atom stereocenters. The van der Waals surface area contributed by atoms with Crippen molar-refractivity contribution >= 4 is 17.8 Å². The highest BCUT2D eigenvalue weighted by atomic mass is 16.4. The van der Waals surface area contributed by atoms with E-state index in [1.807, 2.05) is 20.8 Å². The second-order valence-electron chi connectivity index (χ2n) is 6.01. The fourth-order valence-electron chi connectivity index (χ4n) is 1.48. The van der Waals surface area contributed by atoms with Crippen molar-refractivity contribution < 1.29 is 19.5 Å². The minimum Gasteiger partial charge on any atom is -0.481 e. The standard InChI is InChI=1S/C14H26N2O4/c1-10(7-8-12(18)19)16-11(17)6-5-9-15-13(20)14(2,3)4/h10H,5-9H2,1-4H3,(H,15,20)(H,16,17)(H,18,19). The normalized spacial score (nSPS) is 12.6. The third-order valence-corrected chi connectivity index (χ3v) is 2.75. The van der Waals surface area contributed by atoms with Gasteiger partial charge in [-0.05, 0) is 19.8 Å². The van der Waals surface area contributed by atoms with Gasteiger partial charge >= 0.3 is 5.97 Å². The zero-order chi connectivity index (χ0) is 15.8. The molecule has 0 spiro atoms. The fourth-order valence-corrected chi connectivity index (χ4v) is 1.48. The molecule has 0 heterocycles. The molecule has 2 amide bonds. The van der Waals surface area contributed by atoms with Crippen molar-refractivity contribution in [1.82, 2.24) is 10.6 Å². The van der Waals surface area contributed by atoms with E-state index in [2.05, 4.69) is 10.6 Å². The van der Waals surface area contributed by atoms with Crippen LogP contribution in [-0.2, 0) is 14.4 Å². The van der Waals surface area contributed by atoms with E-state index in [0.717, 1.165) is 0 Å². The zero-order valence-electron chi connectivity index (χ0n) is 12.8. The van der Waals surface area contributed by atoms with Crippen LogP contribution in [0.2, 0.25) is 0 Å². The Bertz CT molecular complexity index is 348. The molecule has 0 aromatic rings. The van der Waals surface area contributed by atoms with Crippen molar-refractivity contribution in [3.05, 3.63) is 0 Å². The Labute approximate surface area is 120 Å². The van der Waals surface area contributed by atoms with E-state index < -0.39 is 11.4 Å². The molecule has 1 atom stereocenters. The number of hydrogen-bond acceptors (Lipinski definition) is 3. The summed E-state index contributed by atoms with van der Waals surface area (Å²) in [6.07, 6.45) is 1.35. The minimum atomic E-state index is -0.865. The first-order valence-corrected chi connectivity index (χ1v) is 6.92.